The van der Waals surface area contributed by atoms with E-state index < -0.39 is 15.8 Å². The van der Waals surface area contributed by atoms with Gasteiger partial charge in [0.25, 0.3) is 15.9 Å². The Labute approximate surface area is 168 Å². The van der Waals surface area contributed by atoms with Gasteiger partial charge in [-0.25, -0.2) is 12.8 Å². The third kappa shape index (κ3) is 3.86. The summed E-state index contributed by atoms with van der Waals surface area (Å²) in [7, 11) is -3.79. The van der Waals surface area contributed by atoms with Crippen LogP contribution in [-0.4, -0.2) is 20.9 Å². The minimum atomic E-state index is -3.79. The maximum absolute atomic E-state index is 13.2. The molecule has 1 N–H and O–H groups in total. The van der Waals surface area contributed by atoms with E-state index in [0.29, 0.717) is 36.3 Å². The number of rotatable bonds is 4. The van der Waals surface area contributed by atoms with Gasteiger partial charge in [-0.05, 0) is 73.0 Å². The first-order chi connectivity index (χ1) is 13.9. The Hall–Kier alpha value is -3.19. The average Bonchev–Trinajstić information content (AvgIpc) is 2.74. The minimum Gasteiger partial charge on any atom is -0.322 e. The van der Waals surface area contributed by atoms with E-state index in [2.05, 4.69) is 5.32 Å². The molecule has 0 unspecified atom stereocenters. The van der Waals surface area contributed by atoms with Crippen molar-refractivity contribution in [3.05, 3.63) is 89.7 Å². The Morgan fingerprint density at radius 3 is 2.41 bits per heavy atom. The molecule has 0 fully saturated rings. The second-order valence-electron chi connectivity index (χ2n) is 6.80. The number of carbonyl (C=O) groups is 1. The molecule has 5 nitrogen and oxygen atoms in total. The molecule has 7 heteroatoms. The lowest BCUT2D eigenvalue weighted by molar-refractivity contribution is 0.102. The van der Waals surface area contributed by atoms with Crippen LogP contribution in [0.3, 0.4) is 0 Å². The third-order valence-corrected chi connectivity index (χ3v) is 6.68. The van der Waals surface area contributed by atoms with Crippen LogP contribution in [0.15, 0.2) is 77.7 Å². The van der Waals surface area contributed by atoms with Crippen molar-refractivity contribution >= 4 is 27.3 Å². The van der Waals surface area contributed by atoms with Gasteiger partial charge in [-0.2, -0.15) is 0 Å². The van der Waals surface area contributed by atoms with Crippen LogP contribution in [0.1, 0.15) is 22.3 Å². The number of benzene rings is 3. The van der Waals surface area contributed by atoms with Crippen molar-refractivity contribution in [2.75, 3.05) is 16.2 Å². The van der Waals surface area contributed by atoms with Crippen molar-refractivity contribution in [2.45, 2.75) is 17.7 Å². The van der Waals surface area contributed by atoms with Crippen LogP contribution in [0.25, 0.3) is 0 Å². The summed E-state index contributed by atoms with van der Waals surface area (Å²) in [5, 5.41) is 2.85. The molecule has 0 aromatic heterocycles. The summed E-state index contributed by atoms with van der Waals surface area (Å²) in [6.07, 6.45) is 1.36. The maximum atomic E-state index is 13.2. The van der Waals surface area contributed by atoms with Crippen LogP contribution in [0.4, 0.5) is 15.8 Å². The van der Waals surface area contributed by atoms with E-state index in [9.17, 15) is 17.6 Å². The number of amides is 1. The second kappa shape index (κ2) is 7.67. The van der Waals surface area contributed by atoms with Crippen LogP contribution in [0.2, 0.25) is 0 Å². The molecule has 3 aromatic carbocycles. The zero-order valence-corrected chi connectivity index (χ0v) is 16.3. The highest BCUT2D eigenvalue weighted by atomic mass is 32.2. The molecule has 1 amide bonds. The fraction of sp³-hybridized carbons (Fsp3) is 0.136. The van der Waals surface area contributed by atoms with Gasteiger partial charge in [0.1, 0.15) is 5.82 Å². The molecular weight excluding hydrogens is 391 g/mol. The topological polar surface area (TPSA) is 66.5 Å². The molecule has 1 aliphatic heterocycles. The van der Waals surface area contributed by atoms with Gasteiger partial charge in [-0.1, -0.05) is 18.2 Å². The predicted molar refractivity (Wildman–Crippen MR) is 110 cm³/mol. The predicted octanol–water partition coefficient (Wildman–Crippen LogP) is 4.22. The Morgan fingerprint density at radius 2 is 1.69 bits per heavy atom. The van der Waals surface area contributed by atoms with Crippen molar-refractivity contribution in [3.63, 3.8) is 0 Å². The van der Waals surface area contributed by atoms with Crippen LogP contribution in [0, 0.1) is 5.82 Å². The fourth-order valence-electron chi connectivity index (χ4n) is 3.42. The molecule has 29 heavy (non-hydrogen) atoms. The summed E-state index contributed by atoms with van der Waals surface area (Å²) in [6, 6.07) is 18.9. The Kier molecular flexibility index (Phi) is 5.07. The highest BCUT2D eigenvalue weighted by molar-refractivity contribution is 7.92. The fourth-order valence-corrected chi connectivity index (χ4v) is 4.96. The highest BCUT2D eigenvalue weighted by Gasteiger charge is 2.29. The second-order valence-corrected chi connectivity index (χ2v) is 8.66. The summed E-state index contributed by atoms with van der Waals surface area (Å²) < 4.78 is 40.6. The minimum absolute atomic E-state index is 0.0493. The molecule has 3 aromatic rings. The van der Waals surface area contributed by atoms with E-state index in [1.54, 1.807) is 36.4 Å². The number of nitrogens with zero attached hydrogens (tertiary/aromatic N) is 1. The number of aryl methyl sites for hydroxylation is 1. The standard InChI is InChI=1S/C22H19FN2O3S/c23-18-8-11-20(12-9-18)29(27,28)25-14-4-7-17-15-19(10-13-21(17)25)24-22(26)16-5-2-1-3-6-16/h1-3,5-6,8-13,15H,4,7,14H2,(H,24,26). The molecule has 0 saturated heterocycles. The van der Waals surface area contributed by atoms with Crippen LogP contribution in [0.5, 0.6) is 0 Å². The normalized spacial score (nSPS) is 13.6. The number of nitrogens with one attached hydrogen (secondary N) is 1. The molecule has 0 bridgehead atoms. The first-order valence-electron chi connectivity index (χ1n) is 9.23. The highest BCUT2D eigenvalue weighted by Crippen LogP contribution is 2.34. The van der Waals surface area contributed by atoms with E-state index in [4.69, 9.17) is 0 Å². The maximum Gasteiger partial charge on any atom is 0.264 e. The van der Waals surface area contributed by atoms with Crippen molar-refractivity contribution in [1.29, 1.82) is 0 Å². The average molecular weight is 410 g/mol. The van der Waals surface area contributed by atoms with Crippen molar-refractivity contribution < 1.29 is 17.6 Å². The van der Waals surface area contributed by atoms with Crippen LogP contribution in [-0.2, 0) is 16.4 Å². The summed E-state index contributed by atoms with van der Waals surface area (Å²) in [6.45, 7) is 0.350. The van der Waals surface area contributed by atoms with Crippen LogP contribution < -0.4 is 9.62 Å². The van der Waals surface area contributed by atoms with Crippen molar-refractivity contribution in [2.24, 2.45) is 0 Å². The summed E-state index contributed by atoms with van der Waals surface area (Å²) in [4.78, 5) is 12.4. The van der Waals surface area contributed by atoms with Crippen molar-refractivity contribution in [1.82, 2.24) is 0 Å². The first-order valence-corrected chi connectivity index (χ1v) is 10.7. The Balaban J connectivity index is 1.62. The van der Waals surface area contributed by atoms with Gasteiger partial charge in [-0.15, -0.1) is 0 Å². The van der Waals surface area contributed by atoms with Gasteiger partial charge >= 0.3 is 0 Å². The SMILES string of the molecule is O=C(Nc1ccc2c(c1)CCCN2S(=O)(=O)c1ccc(F)cc1)c1ccccc1. The molecule has 4 rings (SSSR count). The molecule has 0 aliphatic carbocycles. The van der Waals surface area contributed by atoms with E-state index in [0.717, 1.165) is 17.7 Å². The number of hydrogen-bond acceptors (Lipinski definition) is 3. The number of hydrogen-bond donors (Lipinski definition) is 1. The number of anilines is 2. The number of fused-ring (bicyclic) bond motifs is 1. The molecule has 1 heterocycles. The van der Waals surface area contributed by atoms with Gasteiger partial charge in [0.05, 0.1) is 10.6 Å². The summed E-state index contributed by atoms with van der Waals surface area (Å²) in [5.41, 5.74) is 2.58. The van der Waals surface area contributed by atoms with Gasteiger partial charge in [0, 0.05) is 17.8 Å². The molecule has 0 radical (unpaired) electrons. The molecule has 0 spiro atoms. The largest absolute Gasteiger partial charge is 0.322 e. The van der Waals surface area contributed by atoms with Gasteiger partial charge < -0.3 is 5.32 Å². The van der Waals surface area contributed by atoms with Gasteiger partial charge in [-0.3, -0.25) is 9.10 Å². The zero-order chi connectivity index (χ0) is 20.4. The van der Waals surface area contributed by atoms with Crippen molar-refractivity contribution in [3.8, 4) is 0 Å². The van der Waals surface area contributed by atoms with E-state index >= 15 is 0 Å². The lowest BCUT2D eigenvalue weighted by atomic mass is 10.0. The molecular formula is C22H19FN2O3S. The Bertz CT molecular complexity index is 1150. The van der Waals surface area contributed by atoms with Gasteiger partial charge in [0.2, 0.25) is 0 Å². The quantitative estimate of drug-likeness (QED) is 0.700. The third-order valence-electron chi connectivity index (χ3n) is 4.85. The summed E-state index contributed by atoms with van der Waals surface area (Å²) >= 11 is 0. The molecule has 1 aliphatic rings. The number of halogens is 1. The monoisotopic (exact) mass is 410 g/mol. The molecule has 148 valence electrons. The lowest BCUT2D eigenvalue weighted by Crippen LogP contribution is -2.35. The summed E-state index contributed by atoms with van der Waals surface area (Å²) in [5.74, 6) is -0.709. The zero-order valence-electron chi connectivity index (χ0n) is 15.5. The van der Waals surface area contributed by atoms with E-state index in [1.807, 2.05) is 12.1 Å². The number of sulfonamides is 1. The smallest absolute Gasteiger partial charge is 0.264 e. The lowest BCUT2D eigenvalue weighted by Gasteiger charge is -2.31. The number of carbonyl (C=O) groups excluding carboxylic acids is 1. The van der Waals surface area contributed by atoms with Crippen LogP contribution >= 0.6 is 0 Å². The molecule has 0 saturated carbocycles. The Morgan fingerprint density at radius 1 is 0.966 bits per heavy atom. The van der Waals surface area contributed by atoms with E-state index in [1.165, 1.54) is 16.4 Å². The van der Waals surface area contributed by atoms with E-state index in [-0.39, 0.29) is 10.8 Å². The van der Waals surface area contributed by atoms with Gasteiger partial charge in [0.15, 0.2) is 0 Å². The first kappa shape index (κ1) is 19.1. The molecule has 0 atom stereocenters.